The first-order chi connectivity index (χ1) is 8.83. The molecule has 18 heavy (non-hydrogen) atoms. The van der Waals surface area contributed by atoms with E-state index in [1.54, 1.807) is 7.11 Å². The van der Waals surface area contributed by atoms with Crippen LogP contribution in [0.3, 0.4) is 0 Å². The van der Waals surface area contributed by atoms with Gasteiger partial charge in [0.05, 0.1) is 7.11 Å². The summed E-state index contributed by atoms with van der Waals surface area (Å²) in [6.07, 6.45) is 2.34. The van der Waals surface area contributed by atoms with Crippen LogP contribution in [0.4, 0.5) is 0 Å². The van der Waals surface area contributed by atoms with Crippen molar-refractivity contribution in [3.05, 3.63) is 54.0 Å². The molecule has 0 aliphatic carbocycles. The number of hydrogen-bond donors (Lipinski definition) is 1. The molecular weight excluding hydrogens is 226 g/mol. The number of likely N-dealkylation sites (N-methyl/N-ethyl adjacent to an activating group) is 1. The van der Waals surface area contributed by atoms with Crippen LogP contribution in [0.1, 0.15) is 17.3 Å². The third kappa shape index (κ3) is 3.05. The predicted octanol–water partition coefficient (Wildman–Crippen LogP) is 1.99. The third-order valence-corrected chi connectivity index (χ3v) is 2.87. The van der Waals surface area contributed by atoms with Crippen molar-refractivity contribution < 1.29 is 4.74 Å². The van der Waals surface area contributed by atoms with E-state index in [1.807, 2.05) is 31.3 Å². The molecule has 1 aromatic carbocycles. The van der Waals surface area contributed by atoms with E-state index in [4.69, 9.17) is 4.74 Å². The van der Waals surface area contributed by atoms with Gasteiger partial charge in [0.2, 0.25) is 5.88 Å². The second-order valence-corrected chi connectivity index (χ2v) is 4.01. The Bertz CT molecular complexity index is 487. The summed E-state index contributed by atoms with van der Waals surface area (Å²) < 4.78 is 5.10. The molecule has 0 amide bonds. The van der Waals surface area contributed by atoms with Crippen LogP contribution < -0.4 is 10.1 Å². The van der Waals surface area contributed by atoms with Gasteiger partial charge >= 0.3 is 0 Å². The van der Waals surface area contributed by atoms with Crippen LogP contribution >= 0.6 is 0 Å². The van der Waals surface area contributed by atoms with Gasteiger partial charge in [-0.1, -0.05) is 30.3 Å². The second kappa shape index (κ2) is 6.12. The normalized spacial score (nSPS) is 12.1. The lowest BCUT2D eigenvalue weighted by atomic mass is 10.0. The van der Waals surface area contributed by atoms with Gasteiger partial charge in [-0.05, 0) is 12.6 Å². The number of nitrogens with zero attached hydrogens (tertiary/aromatic N) is 2. The molecule has 0 fully saturated rings. The van der Waals surface area contributed by atoms with E-state index in [2.05, 4.69) is 27.4 Å². The maximum absolute atomic E-state index is 5.10. The Morgan fingerprint density at radius 1 is 1.22 bits per heavy atom. The van der Waals surface area contributed by atoms with E-state index >= 15 is 0 Å². The van der Waals surface area contributed by atoms with Gasteiger partial charge in [-0.3, -0.25) is 0 Å². The quantitative estimate of drug-likeness (QED) is 0.872. The molecule has 1 aromatic heterocycles. The van der Waals surface area contributed by atoms with Crippen molar-refractivity contribution in [1.82, 2.24) is 15.3 Å². The van der Waals surface area contributed by atoms with Crippen molar-refractivity contribution in [3.63, 3.8) is 0 Å². The van der Waals surface area contributed by atoms with E-state index < -0.39 is 0 Å². The fraction of sp³-hybridized carbons (Fsp3) is 0.286. The molecule has 0 spiro atoms. The molecule has 0 aliphatic heterocycles. The summed E-state index contributed by atoms with van der Waals surface area (Å²) in [5.74, 6) is 0.600. The van der Waals surface area contributed by atoms with Gasteiger partial charge in [-0.2, -0.15) is 0 Å². The van der Waals surface area contributed by atoms with E-state index in [9.17, 15) is 0 Å². The van der Waals surface area contributed by atoms with Gasteiger partial charge in [-0.15, -0.1) is 0 Å². The number of rotatable bonds is 5. The van der Waals surface area contributed by atoms with Crippen LogP contribution in [0.2, 0.25) is 0 Å². The molecule has 2 aromatic rings. The van der Waals surface area contributed by atoms with E-state index in [1.165, 1.54) is 11.9 Å². The lowest BCUT2D eigenvalue weighted by Crippen LogP contribution is -2.19. The molecule has 94 valence electrons. The Hall–Kier alpha value is -1.94. The molecule has 4 heteroatoms. The molecule has 1 heterocycles. The largest absolute Gasteiger partial charge is 0.481 e. The summed E-state index contributed by atoms with van der Waals surface area (Å²) >= 11 is 0. The number of ether oxygens (including phenoxy) is 1. The topological polar surface area (TPSA) is 47.0 Å². The third-order valence-electron chi connectivity index (χ3n) is 2.87. The monoisotopic (exact) mass is 243 g/mol. The van der Waals surface area contributed by atoms with Crippen LogP contribution in [0.5, 0.6) is 5.88 Å². The van der Waals surface area contributed by atoms with Crippen LogP contribution in [-0.2, 0) is 6.42 Å². The summed E-state index contributed by atoms with van der Waals surface area (Å²) in [6, 6.07) is 12.4. The zero-order valence-corrected chi connectivity index (χ0v) is 10.6. The standard InChI is InChI=1S/C14H17N3O/c1-15-13(11-6-4-3-5-7-11)8-12-9-14(18-2)17-10-16-12/h3-7,9-10,13,15H,8H2,1-2H3. The number of hydrogen-bond acceptors (Lipinski definition) is 4. The van der Waals surface area contributed by atoms with E-state index in [0.717, 1.165) is 12.1 Å². The Balaban J connectivity index is 2.15. The minimum absolute atomic E-state index is 0.241. The van der Waals surface area contributed by atoms with E-state index in [-0.39, 0.29) is 6.04 Å². The molecule has 0 saturated carbocycles. The van der Waals surface area contributed by atoms with Crippen molar-refractivity contribution in [3.8, 4) is 5.88 Å². The minimum atomic E-state index is 0.241. The first-order valence-electron chi connectivity index (χ1n) is 5.90. The molecule has 0 aliphatic rings. The lowest BCUT2D eigenvalue weighted by molar-refractivity contribution is 0.395. The Labute approximate surface area is 107 Å². The van der Waals surface area contributed by atoms with Gasteiger partial charge < -0.3 is 10.1 Å². The average Bonchev–Trinajstić information content (AvgIpc) is 2.46. The van der Waals surface area contributed by atoms with Crippen LogP contribution in [0.15, 0.2) is 42.7 Å². The molecule has 1 N–H and O–H groups in total. The van der Waals surface area contributed by atoms with Crippen LogP contribution in [0.25, 0.3) is 0 Å². The summed E-state index contributed by atoms with van der Waals surface area (Å²) in [5.41, 5.74) is 2.21. The molecule has 0 radical (unpaired) electrons. The maximum atomic E-state index is 5.10. The highest BCUT2D eigenvalue weighted by Gasteiger charge is 2.11. The fourth-order valence-electron chi connectivity index (χ4n) is 1.88. The number of nitrogens with one attached hydrogen (secondary N) is 1. The first kappa shape index (κ1) is 12.5. The van der Waals surface area contributed by atoms with Crippen LogP contribution in [-0.4, -0.2) is 24.1 Å². The summed E-state index contributed by atoms with van der Waals surface area (Å²) in [5, 5.41) is 3.30. The SMILES string of the molecule is CNC(Cc1cc(OC)ncn1)c1ccccc1. The molecule has 1 atom stereocenters. The van der Waals surface area contributed by atoms with Gasteiger partial charge in [0.15, 0.2) is 0 Å². The zero-order valence-electron chi connectivity index (χ0n) is 10.6. The van der Waals surface area contributed by atoms with Gasteiger partial charge in [0.1, 0.15) is 6.33 Å². The summed E-state index contributed by atoms with van der Waals surface area (Å²) in [6.45, 7) is 0. The number of aromatic nitrogens is 2. The van der Waals surface area contributed by atoms with Crippen molar-refractivity contribution in [2.75, 3.05) is 14.2 Å². The van der Waals surface area contributed by atoms with Crippen molar-refractivity contribution in [2.45, 2.75) is 12.5 Å². The Kier molecular flexibility index (Phi) is 4.25. The minimum Gasteiger partial charge on any atom is -0.481 e. The summed E-state index contributed by atoms with van der Waals surface area (Å²) in [7, 11) is 3.56. The lowest BCUT2D eigenvalue weighted by Gasteiger charge is -2.16. The fourth-order valence-corrected chi connectivity index (χ4v) is 1.88. The van der Waals surface area contributed by atoms with Gasteiger partial charge in [0.25, 0.3) is 0 Å². The Morgan fingerprint density at radius 2 is 2.00 bits per heavy atom. The van der Waals surface area contributed by atoms with Crippen LogP contribution in [0, 0.1) is 0 Å². The number of benzene rings is 1. The molecule has 0 bridgehead atoms. The van der Waals surface area contributed by atoms with Crippen molar-refractivity contribution >= 4 is 0 Å². The van der Waals surface area contributed by atoms with Crippen molar-refractivity contribution in [2.24, 2.45) is 0 Å². The molecule has 0 saturated heterocycles. The second-order valence-electron chi connectivity index (χ2n) is 4.01. The number of methoxy groups -OCH3 is 1. The molecule has 4 nitrogen and oxygen atoms in total. The maximum Gasteiger partial charge on any atom is 0.216 e. The highest BCUT2D eigenvalue weighted by atomic mass is 16.5. The van der Waals surface area contributed by atoms with Gasteiger partial charge in [-0.25, -0.2) is 9.97 Å². The molecule has 2 rings (SSSR count). The van der Waals surface area contributed by atoms with E-state index in [0.29, 0.717) is 5.88 Å². The summed E-state index contributed by atoms with van der Waals surface area (Å²) in [4.78, 5) is 8.28. The highest BCUT2D eigenvalue weighted by molar-refractivity contribution is 5.22. The first-order valence-corrected chi connectivity index (χ1v) is 5.90. The predicted molar refractivity (Wildman–Crippen MR) is 70.5 cm³/mol. The molecular formula is C14H17N3O. The van der Waals surface area contributed by atoms with Crippen molar-refractivity contribution in [1.29, 1.82) is 0 Å². The zero-order chi connectivity index (χ0) is 12.8. The van der Waals surface area contributed by atoms with Gasteiger partial charge in [0, 0.05) is 24.2 Å². The Morgan fingerprint density at radius 3 is 2.67 bits per heavy atom. The molecule has 1 unspecified atom stereocenters. The average molecular weight is 243 g/mol. The highest BCUT2D eigenvalue weighted by Crippen LogP contribution is 2.18. The smallest absolute Gasteiger partial charge is 0.216 e.